The van der Waals surface area contributed by atoms with Crippen LogP contribution in [0, 0.1) is 5.92 Å². The molecule has 7 heteroatoms. The quantitative estimate of drug-likeness (QED) is 0.587. The minimum absolute atomic E-state index is 0.700. The van der Waals surface area contributed by atoms with Gasteiger partial charge in [0.1, 0.15) is 16.5 Å². The van der Waals surface area contributed by atoms with Gasteiger partial charge in [-0.1, -0.05) is 30.3 Å². The van der Waals surface area contributed by atoms with Gasteiger partial charge in [-0.3, -0.25) is 4.90 Å². The molecule has 0 bridgehead atoms. The van der Waals surface area contributed by atoms with E-state index in [2.05, 4.69) is 64.5 Å². The first-order valence-electron chi connectivity index (χ1n) is 11.2. The largest absolute Gasteiger partial charge is 0.381 e. The predicted octanol–water partition coefficient (Wildman–Crippen LogP) is 3.58. The molecule has 0 radical (unpaired) electrons. The third-order valence-corrected chi connectivity index (χ3v) is 7.09. The van der Waals surface area contributed by atoms with E-state index >= 15 is 0 Å². The standard InChI is InChI=1S/C24H31N5OS/c1-27(2)15-21-25-23(29-11-9-28(10-12-29)14-18-8-13-30-16-18)22-20(17-31-24(22)26-21)19-6-4-3-5-7-19/h3-7,17-18H,8-16H2,1-2H3. The van der Waals surface area contributed by atoms with Crippen molar-refractivity contribution in [2.24, 2.45) is 5.92 Å². The molecule has 2 aromatic heterocycles. The summed E-state index contributed by atoms with van der Waals surface area (Å²) in [6.07, 6.45) is 1.20. The van der Waals surface area contributed by atoms with Gasteiger partial charge >= 0.3 is 0 Å². The zero-order valence-corrected chi connectivity index (χ0v) is 19.3. The Morgan fingerprint density at radius 3 is 2.61 bits per heavy atom. The van der Waals surface area contributed by atoms with Gasteiger partial charge in [-0.15, -0.1) is 11.3 Å². The van der Waals surface area contributed by atoms with Crippen molar-refractivity contribution in [3.8, 4) is 11.1 Å². The third kappa shape index (κ3) is 4.60. The number of piperazine rings is 1. The topological polar surface area (TPSA) is 44.7 Å². The van der Waals surface area contributed by atoms with E-state index in [0.717, 1.165) is 69.0 Å². The number of hydrogen-bond donors (Lipinski definition) is 0. The number of anilines is 1. The van der Waals surface area contributed by atoms with Crippen molar-refractivity contribution in [3.63, 3.8) is 0 Å². The Morgan fingerprint density at radius 2 is 1.90 bits per heavy atom. The summed E-state index contributed by atoms with van der Waals surface area (Å²) in [4.78, 5) is 18.3. The van der Waals surface area contributed by atoms with E-state index in [0.29, 0.717) is 5.92 Å². The van der Waals surface area contributed by atoms with E-state index in [9.17, 15) is 0 Å². The lowest BCUT2D eigenvalue weighted by Crippen LogP contribution is -2.48. The number of ether oxygens (including phenoxy) is 1. The predicted molar refractivity (Wildman–Crippen MR) is 128 cm³/mol. The molecule has 2 fully saturated rings. The van der Waals surface area contributed by atoms with Crippen LogP contribution in [0.4, 0.5) is 5.82 Å². The van der Waals surface area contributed by atoms with Crippen LogP contribution in [-0.4, -0.2) is 79.8 Å². The molecule has 31 heavy (non-hydrogen) atoms. The Morgan fingerprint density at radius 1 is 1.10 bits per heavy atom. The highest BCUT2D eigenvalue weighted by molar-refractivity contribution is 7.17. The summed E-state index contributed by atoms with van der Waals surface area (Å²) in [5, 5.41) is 3.45. The van der Waals surface area contributed by atoms with Crippen LogP contribution in [0.3, 0.4) is 0 Å². The van der Waals surface area contributed by atoms with Gasteiger partial charge in [0.15, 0.2) is 0 Å². The Kier molecular flexibility index (Phi) is 6.18. The van der Waals surface area contributed by atoms with Crippen molar-refractivity contribution in [1.29, 1.82) is 0 Å². The molecule has 3 aromatic rings. The van der Waals surface area contributed by atoms with Gasteiger partial charge in [-0.2, -0.15) is 0 Å². The SMILES string of the molecule is CN(C)Cc1nc(N2CCN(CC3CCOC3)CC2)c2c(-c3ccccc3)csc2n1. The first-order chi connectivity index (χ1) is 15.2. The van der Waals surface area contributed by atoms with Crippen LogP contribution in [0.25, 0.3) is 21.3 Å². The average Bonchev–Trinajstić information content (AvgIpc) is 3.44. The molecule has 0 amide bonds. The second-order valence-electron chi connectivity index (χ2n) is 8.91. The summed E-state index contributed by atoms with van der Waals surface area (Å²) in [6, 6.07) is 10.6. The maximum Gasteiger partial charge on any atom is 0.146 e. The van der Waals surface area contributed by atoms with Gasteiger partial charge in [0.2, 0.25) is 0 Å². The van der Waals surface area contributed by atoms with Crippen molar-refractivity contribution >= 4 is 27.4 Å². The molecule has 0 N–H and O–H groups in total. The van der Waals surface area contributed by atoms with Gasteiger partial charge in [0.25, 0.3) is 0 Å². The lowest BCUT2D eigenvalue weighted by molar-refractivity contribution is 0.164. The van der Waals surface area contributed by atoms with Gasteiger partial charge in [-0.25, -0.2) is 9.97 Å². The fourth-order valence-electron chi connectivity index (χ4n) is 4.61. The lowest BCUT2D eigenvalue weighted by Gasteiger charge is -2.36. The maximum atomic E-state index is 5.57. The van der Waals surface area contributed by atoms with E-state index in [4.69, 9.17) is 14.7 Å². The Hall–Kier alpha value is -2.06. The molecule has 1 aromatic carbocycles. The van der Waals surface area contributed by atoms with Crippen molar-refractivity contribution in [2.75, 3.05) is 64.9 Å². The summed E-state index contributed by atoms with van der Waals surface area (Å²) in [5.74, 6) is 2.70. The highest BCUT2D eigenvalue weighted by Crippen LogP contribution is 2.38. The van der Waals surface area contributed by atoms with Gasteiger partial charge in [0, 0.05) is 50.3 Å². The van der Waals surface area contributed by atoms with E-state index in [1.807, 2.05) is 0 Å². The van der Waals surface area contributed by atoms with Gasteiger partial charge in [-0.05, 0) is 32.0 Å². The average molecular weight is 438 g/mol. The molecular formula is C24H31N5OS. The molecule has 4 heterocycles. The van der Waals surface area contributed by atoms with Crippen LogP contribution in [-0.2, 0) is 11.3 Å². The zero-order valence-electron chi connectivity index (χ0n) is 18.5. The Bertz CT molecular complexity index is 1010. The van der Waals surface area contributed by atoms with Crippen LogP contribution >= 0.6 is 11.3 Å². The molecule has 2 saturated heterocycles. The molecule has 2 aliphatic heterocycles. The van der Waals surface area contributed by atoms with Crippen LogP contribution in [0.1, 0.15) is 12.2 Å². The Balaban J connectivity index is 1.45. The molecule has 1 atom stereocenters. The van der Waals surface area contributed by atoms with Crippen molar-refractivity contribution in [2.45, 2.75) is 13.0 Å². The second-order valence-corrected chi connectivity index (χ2v) is 9.77. The van der Waals surface area contributed by atoms with Crippen LogP contribution in [0.15, 0.2) is 35.7 Å². The number of thiophene rings is 1. The lowest BCUT2D eigenvalue weighted by atomic mass is 10.1. The second kappa shape index (κ2) is 9.20. The number of aromatic nitrogens is 2. The summed E-state index contributed by atoms with van der Waals surface area (Å²) in [6.45, 7) is 7.94. The number of hydrogen-bond acceptors (Lipinski definition) is 7. The van der Waals surface area contributed by atoms with E-state index in [1.165, 1.54) is 22.9 Å². The molecule has 0 spiro atoms. The summed E-state index contributed by atoms with van der Waals surface area (Å²) in [7, 11) is 4.14. The minimum Gasteiger partial charge on any atom is -0.381 e. The Labute approximate surface area is 188 Å². The molecule has 164 valence electrons. The first-order valence-corrected chi connectivity index (χ1v) is 12.1. The van der Waals surface area contributed by atoms with Crippen LogP contribution in [0.5, 0.6) is 0 Å². The number of rotatable bonds is 6. The molecule has 5 rings (SSSR count). The van der Waals surface area contributed by atoms with E-state index in [-0.39, 0.29) is 0 Å². The highest BCUT2D eigenvalue weighted by Gasteiger charge is 2.26. The van der Waals surface area contributed by atoms with Crippen LogP contribution in [0.2, 0.25) is 0 Å². The fraction of sp³-hybridized carbons (Fsp3) is 0.500. The molecule has 0 saturated carbocycles. The van der Waals surface area contributed by atoms with Gasteiger partial charge in [0.05, 0.1) is 18.5 Å². The highest BCUT2D eigenvalue weighted by atomic mass is 32.1. The third-order valence-electron chi connectivity index (χ3n) is 6.22. The number of fused-ring (bicyclic) bond motifs is 1. The van der Waals surface area contributed by atoms with Crippen molar-refractivity contribution in [1.82, 2.24) is 19.8 Å². The summed E-state index contributed by atoms with van der Waals surface area (Å²) in [5.41, 5.74) is 2.48. The van der Waals surface area contributed by atoms with E-state index < -0.39 is 0 Å². The van der Waals surface area contributed by atoms with Crippen molar-refractivity contribution in [3.05, 3.63) is 41.5 Å². The van der Waals surface area contributed by atoms with E-state index in [1.54, 1.807) is 11.3 Å². The molecule has 2 aliphatic rings. The maximum absolute atomic E-state index is 5.57. The smallest absolute Gasteiger partial charge is 0.146 e. The molecule has 0 aliphatic carbocycles. The number of benzene rings is 1. The fourth-order valence-corrected chi connectivity index (χ4v) is 5.57. The molecule has 1 unspecified atom stereocenters. The molecule has 6 nitrogen and oxygen atoms in total. The summed E-state index contributed by atoms with van der Waals surface area (Å²) >= 11 is 1.73. The zero-order chi connectivity index (χ0) is 21.2. The first kappa shape index (κ1) is 20.8. The van der Waals surface area contributed by atoms with Gasteiger partial charge < -0.3 is 14.5 Å². The molecular weight excluding hydrogens is 406 g/mol. The van der Waals surface area contributed by atoms with Crippen LogP contribution < -0.4 is 4.90 Å². The monoisotopic (exact) mass is 437 g/mol. The summed E-state index contributed by atoms with van der Waals surface area (Å²) < 4.78 is 5.57. The minimum atomic E-state index is 0.700. The normalized spacial score (nSPS) is 20.2. The van der Waals surface area contributed by atoms with Crippen molar-refractivity contribution < 1.29 is 4.74 Å². The number of nitrogens with zero attached hydrogens (tertiary/aromatic N) is 5.